The highest BCUT2D eigenvalue weighted by molar-refractivity contribution is 6.00. The summed E-state index contributed by atoms with van der Waals surface area (Å²) in [5, 5.41) is 0. The number of benzene rings is 1. The molecule has 2 heteroatoms. The third-order valence-electron chi connectivity index (χ3n) is 4.42. The van der Waals surface area contributed by atoms with Gasteiger partial charge in [-0.2, -0.15) is 0 Å². The van der Waals surface area contributed by atoms with E-state index in [1.807, 2.05) is 31.2 Å². The highest BCUT2D eigenvalue weighted by Gasteiger charge is 2.39. The maximum Gasteiger partial charge on any atom is 0.170 e. The van der Waals surface area contributed by atoms with Crippen LogP contribution in [0.4, 0.5) is 0 Å². The second-order valence-electron chi connectivity index (χ2n) is 5.86. The van der Waals surface area contributed by atoms with E-state index in [-0.39, 0.29) is 11.2 Å². The van der Waals surface area contributed by atoms with E-state index in [0.717, 1.165) is 37.2 Å². The van der Waals surface area contributed by atoms with Gasteiger partial charge in [0.05, 0.1) is 0 Å². The van der Waals surface area contributed by atoms with Gasteiger partial charge in [-0.25, -0.2) is 0 Å². The second kappa shape index (κ2) is 5.23. The number of aryl methyl sites for hydroxylation is 1. The van der Waals surface area contributed by atoms with Crippen molar-refractivity contribution in [2.45, 2.75) is 39.5 Å². The molecule has 2 N–H and O–H groups in total. The van der Waals surface area contributed by atoms with Crippen LogP contribution >= 0.6 is 0 Å². The lowest BCUT2D eigenvalue weighted by Crippen LogP contribution is -2.41. The molecule has 0 aromatic heterocycles. The molecule has 98 valence electrons. The minimum atomic E-state index is -0.304. The molecule has 2 nitrogen and oxygen atoms in total. The summed E-state index contributed by atoms with van der Waals surface area (Å²) >= 11 is 0. The maximum atomic E-state index is 12.7. The van der Waals surface area contributed by atoms with Gasteiger partial charge in [0.15, 0.2) is 5.78 Å². The SMILES string of the molecule is Cc1ccc(C(=O)C2(CN)CCC(C)CC2)cc1. The lowest BCUT2D eigenvalue weighted by atomic mass is 9.67. The molecule has 1 aliphatic rings. The van der Waals surface area contributed by atoms with Crippen LogP contribution < -0.4 is 5.73 Å². The molecule has 0 saturated heterocycles. The van der Waals surface area contributed by atoms with Crippen LogP contribution in [-0.4, -0.2) is 12.3 Å². The van der Waals surface area contributed by atoms with Gasteiger partial charge in [0.2, 0.25) is 0 Å². The highest BCUT2D eigenvalue weighted by Crippen LogP contribution is 2.40. The lowest BCUT2D eigenvalue weighted by Gasteiger charge is -2.37. The van der Waals surface area contributed by atoms with Crippen LogP contribution in [-0.2, 0) is 0 Å². The summed E-state index contributed by atoms with van der Waals surface area (Å²) in [6, 6.07) is 7.88. The van der Waals surface area contributed by atoms with E-state index < -0.39 is 0 Å². The Labute approximate surface area is 110 Å². The second-order valence-corrected chi connectivity index (χ2v) is 5.86. The summed E-state index contributed by atoms with van der Waals surface area (Å²) in [5.74, 6) is 0.979. The van der Waals surface area contributed by atoms with Crippen molar-refractivity contribution in [2.75, 3.05) is 6.54 Å². The van der Waals surface area contributed by atoms with Crippen molar-refractivity contribution in [3.63, 3.8) is 0 Å². The minimum Gasteiger partial charge on any atom is -0.329 e. The first-order chi connectivity index (χ1) is 8.57. The number of nitrogens with two attached hydrogens (primary N) is 1. The van der Waals surface area contributed by atoms with Crippen molar-refractivity contribution in [3.8, 4) is 0 Å². The number of hydrogen-bond donors (Lipinski definition) is 1. The zero-order valence-corrected chi connectivity index (χ0v) is 11.4. The Morgan fingerprint density at radius 2 is 1.83 bits per heavy atom. The standard InChI is InChI=1S/C16H23NO/c1-12-3-5-14(6-4-12)15(18)16(11-17)9-7-13(2)8-10-16/h3-6,13H,7-11,17H2,1-2H3. The van der Waals surface area contributed by atoms with Crippen LogP contribution in [0.25, 0.3) is 0 Å². The molecule has 0 unspecified atom stereocenters. The first-order valence-electron chi connectivity index (χ1n) is 6.89. The summed E-state index contributed by atoms with van der Waals surface area (Å²) < 4.78 is 0. The zero-order chi connectivity index (χ0) is 13.2. The van der Waals surface area contributed by atoms with E-state index in [1.165, 1.54) is 5.56 Å². The van der Waals surface area contributed by atoms with Gasteiger partial charge in [0, 0.05) is 17.5 Å². The average Bonchev–Trinajstić information content (AvgIpc) is 2.40. The third kappa shape index (κ3) is 2.49. The van der Waals surface area contributed by atoms with E-state index in [0.29, 0.717) is 6.54 Å². The normalized spacial score (nSPS) is 28.1. The van der Waals surface area contributed by atoms with E-state index >= 15 is 0 Å². The predicted octanol–water partition coefficient (Wildman–Crippen LogP) is 3.33. The van der Waals surface area contributed by atoms with E-state index in [1.54, 1.807) is 0 Å². The molecular weight excluding hydrogens is 222 g/mol. The number of rotatable bonds is 3. The summed E-state index contributed by atoms with van der Waals surface area (Å²) in [6.07, 6.45) is 4.12. The predicted molar refractivity (Wildman–Crippen MR) is 74.6 cm³/mol. The van der Waals surface area contributed by atoms with Gasteiger partial charge in [-0.15, -0.1) is 0 Å². The van der Waals surface area contributed by atoms with Gasteiger partial charge in [-0.05, 0) is 38.5 Å². The minimum absolute atomic E-state index is 0.247. The molecule has 0 aliphatic heterocycles. The van der Waals surface area contributed by atoms with Gasteiger partial charge >= 0.3 is 0 Å². The number of hydrogen-bond acceptors (Lipinski definition) is 2. The molecule has 0 radical (unpaired) electrons. The molecule has 18 heavy (non-hydrogen) atoms. The Balaban J connectivity index is 2.22. The van der Waals surface area contributed by atoms with Crippen LogP contribution in [0.2, 0.25) is 0 Å². The zero-order valence-electron chi connectivity index (χ0n) is 11.4. The molecule has 0 amide bonds. The van der Waals surface area contributed by atoms with Gasteiger partial charge in [-0.3, -0.25) is 4.79 Å². The van der Waals surface area contributed by atoms with Crippen LogP contribution in [0.3, 0.4) is 0 Å². The van der Waals surface area contributed by atoms with Gasteiger partial charge in [0.25, 0.3) is 0 Å². The Bertz CT molecular complexity index is 413. The van der Waals surface area contributed by atoms with Crippen molar-refractivity contribution in [1.82, 2.24) is 0 Å². The quantitative estimate of drug-likeness (QED) is 0.830. The molecule has 1 aromatic carbocycles. The summed E-state index contributed by atoms with van der Waals surface area (Å²) in [7, 11) is 0. The fourth-order valence-corrected chi connectivity index (χ4v) is 2.85. The Kier molecular flexibility index (Phi) is 3.86. The van der Waals surface area contributed by atoms with Crippen molar-refractivity contribution >= 4 is 5.78 Å². The molecule has 0 bridgehead atoms. The summed E-state index contributed by atoms with van der Waals surface area (Å²) in [4.78, 5) is 12.7. The number of Topliss-reactive ketones (excluding diaryl/α,β-unsaturated/α-hetero) is 1. The maximum absolute atomic E-state index is 12.7. The molecule has 0 atom stereocenters. The molecule has 2 rings (SSSR count). The largest absolute Gasteiger partial charge is 0.329 e. The van der Waals surface area contributed by atoms with Crippen LogP contribution in [0, 0.1) is 18.3 Å². The van der Waals surface area contributed by atoms with Crippen LogP contribution in [0.1, 0.15) is 48.5 Å². The molecule has 0 spiro atoms. The first-order valence-corrected chi connectivity index (χ1v) is 6.89. The van der Waals surface area contributed by atoms with Gasteiger partial charge in [-0.1, -0.05) is 36.8 Å². The number of carbonyl (C=O) groups is 1. The molecule has 0 heterocycles. The van der Waals surface area contributed by atoms with Crippen LogP contribution in [0.5, 0.6) is 0 Å². The summed E-state index contributed by atoms with van der Waals surface area (Å²) in [6.45, 7) is 4.78. The van der Waals surface area contributed by atoms with Crippen LogP contribution in [0.15, 0.2) is 24.3 Å². The third-order valence-corrected chi connectivity index (χ3v) is 4.42. The van der Waals surface area contributed by atoms with Gasteiger partial charge in [0.1, 0.15) is 0 Å². The van der Waals surface area contributed by atoms with E-state index in [2.05, 4.69) is 6.92 Å². The van der Waals surface area contributed by atoms with Gasteiger partial charge < -0.3 is 5.73 Å². The fourth-order valence-electron chi connectivity index (χ4n) is 2.85. The van der Waals surface area contributed by atoms with E-state index in [9.17, 15) is 4.79 Å². The van der Waals surface area contributed by atoms with Crippen molar-refractivity contribution in [3.05, 3.63) is 35.4 Å². The first kappa shape index (κ1) is 13.3. The molecule has 1 aromatic rings. The topological polar surface area (TPSA) is 43.1 Å². The number of carbonyl (C=O) groups excluding carboxylic acids is 1. The molecular formula is C16H23NO. The molecule has 1 aliphatic carbocycles. The average molecular weight is 245 g/mol. The van der Waals surface area contributed by atoms with Crippen molar-refractivity contribution < 1.29 is 4.79 Å². The van der Waals surface area contributed by atoms with E-state index in [4.69, 9.17) is 5.73 Å². The summed E-state index contributed by atoms with van der Waals surface area (Å²) in [5.41, 5.74) is 7.63. The lowest BCUT2D eigenvalue weighted by molar-refractivity contribution is 0.0695. The molecule has 1 fully saturated rings. The highest BCUT2D eigenvalue weighted by atomic mass is 16.1. The monoisotopic (exact) mass is 245 g/mol. The van der Waals surface area contributed by atoms with Crippen molar-refractivity contribution in [2.24, 2.45) is 17.1 Å². The Morgan fingerprint density at radius 1 is 1.28 bits per heavy atom. The Hall–Kier alpha value is -1.15. The smallest absolute Gasteiger partial charge is 0.170 e. The molecule has 1 saturated carbocycles. The Morgan fingerprint density at radius 3 is 2.33 bits per heavy atom. The fraction of sp³-hybridized carbons (Fsp3) is 0.562. The van der Waals surface area contributed by atoms with Crippen molar-refractivity contribution in [1.29, 1.82) is 0 Å². The number of ketones is 1.